The van der Waals surface area contributed by atoms with Crippen LogP contribution in [0.1, 0.15) is 35.7 Å². The van der Waals surface area contributed by atoms with Crippen LogP contribution in [-0.4, -0.2) is 72.7 Å². The first-order valence-electron chi connectivity index (χ1n) is 11.2. The number of nitrogens with zero attached hydrogens (tertiary/aromatic N) is 1. The molecule has 188 valence electrons. The van der Waals surface area contributed by atoms with Crippen LogP contribution in [-0.2, 0) is 30.3 Å². The van der Waals surface area contributed by atoms with Gasteiger partial charge in [-0.1, -0.05) is 35.5 Å². The highest BCUT2D eigenvalue weighted by Gasteiger charge is 2.50. The van der Waals surface area contributed by atoms with E-state index >= 15 is 0 Å². The van der Waals surface area contributed by atoms with E-state index in [1.165, 1.54) is 20.1 Å². The van der Waals surface area contributed by atoms with Gasteiger partial charge >= 0.3 is 0 Å². The molecule has 11 nitrogen and oxygen atoms in total. The predicted octanol–water partition coefficient (Wildman–Crippen LogP) is 0.318. The lowest BCUT2D eigenvalue weighted by Gasteiger charge is -2.24. The van der Waals surface area contributed by atoms with Gasteiger partial charge in [0.2, 0.25) is 11.8 Å². The Morgan fingerprint density at radius 1 is 1.09 bits per heavy atom. The molecule has 1 aromatic heterocycles. The van der Waals surface area contributed by atoms with Crippen molar-refractivity contribution in [2.45, 2.75) is 50.9 Å². The van der Waals surface area contributed by atoms with Crippen LogP contribution in [0.4, 0.5) is 0 Å². The second-order valence-electron chi connectivity index (χ2n) is 8.67. The van der Waals surface area contributed by atoms with Gasteiger partial charge in [0.15, 0.2) is 11.5 Å². The molecule has 0 spiro atoms. The monoisotopic (exact) mass is 486 g/mol. The van der Waals surface area contributed by atoms with E-state index < -0.39 is 41.4 Å². The molecule has 1 aliphatic heterocycles. The van der Waals surface area contributed by atoms with Crippen LogP contribution in [0.25, 0.3) is 0 Å². The third kappa shape index (κ3) is 6.96. The summed E-state index contributed by atoms with van der Waals surface area (Å²) in [6.45, 7) is 4.96. The lowest BCUT2D eigenvalue weighted by molar-refractivity contribution is -0.133. The third-order valence-electron chi connectivity index (χ3n) is 5.58. The molecule has 4 atom stereocenters. The van der Waals surface area contributed by atoms with E-state index in [0.717, 1.165) is 5.56 Å². The number of rotatable bonds is 12. The van der Waals surface area contributed by atoms with Gasteiger partial charge in [-0.15, -0.1) is 0 Å². The van der Waals surface area contributed by atoms with Gasteiger partial charge in [0.1, 0.15) is 23.4 Å². The number of epoxide rings is 1. The van der Waals surface area contributed by atoms with Crippen LogP contribution in [0.15, 0.2) is 40.9 Å². The van der Waals surface area contributed by atoms with Crippen LogP contribution in [0.5, 0.6) is 0 Å². The van der Waals surface area contributed by atoms with Crippen molar-refractivity contribution in [3.05, 3.63) is 53.4 Å². The Morgan fingerprint density at radius 2 is 1.77 bits per heavy atom. The SMILES string of the molecule is COCC(NC(=O)c1cc(C)on1)C(=O)N[C@@H](C)C(=O)NC(Cc1ccccc1)C(=O)[C@@]1(C)CO1. The number of methoxy groups -OCH3 is 1. The molecule has 1 aromatic carbocycles. The van der Waals surface area contributed by atoms with Crippen LogP contribution >= 0.6 is 0 Å². The highest BCUT2D eigenvalue weighted by atomic mass is 16.6. The first-order valence-corrected chi connectivity index (χ1v) is 11.2. The minimum absolute atomic E-state index is 0.0141. The fourth-order valence-corrected chi connectivity index (χ4v) is 3.41. The van der Waals surface area contributed by atoms with Gasteiger partial charge in [-0.05, 0) is 32.8 Å². The fourth-order valence-electron chi connectivity index (χ4n) is 3.41. The lowest BCUT2D eigenvalue weighted by Crippen LogP contribution is -2.56. The second kappa shape index (κ2) is 11.2. The molecule has 2 unspecified atom stereocenters. The van der Waals surface area contributed by atoms with Crippen molar-refractivity contribution >= 4 is 23.5 Å². The number of hydrogen-bond acceptors (Lipinski definition) is 8. The van der Waals surface area contributed by atoms with Crippen molar-refractivity contribution in [3.63, 3.8) is 0 Å². The highest BCUT2D eigenvalue weighted by molar-refractivity contribution is 5.99. The topological polar surface area (TPSA) is 152 Å². The van der Waals surface area contributed by atoms with Crippen molar-refractivity contribution in [2.24, 2.45) is 0 Å². The number of ether oxygens (including phenoxy) is 2. The van der Waals surface area contributed by atoms with E-state index in [1.54, 1.807) is 13.8 Å². The maximum atomic E-state index is 13.0. The van der Waals surface area contributed by atoms with Crippen molar-refractivity contribution in [1.82, 2.24) is 21.1 Å². The summed E-state index contributed by atoms with van der Waals surface area (Å²) in [5.41, 5.74) is -0.0368. The average Bonchev–Trinajstić information content (AvgIpc) is 3.43. The largest absolute Gasteiger partial charge is 0.382 e. The Balaban J connectivity index is 1.62. The maximum Gasteiger partial charge on any atom is 0.274 e. The summed E-state index contributed by atoms with van der Waals surface area (Å²) in [6.07, 6.45) is 0.282. The van der Waals surface area contributed by atoms with Crippen LogP contribution < -0.4 is 16.0 Å². The standard InChI is InChI=1S/C24H30N4O7/c1-14-10-18(28-35-14)22(31)27-19(12-33-4)23(32)25-15(2)21(30)26-17(20(29)24(3)13-34-24)11-16-8-6-5-7-9-16/h5-10,15,17,19H,11-13H2,1-4H3,(H,25,32)(H,26,30)(H,27,31)/t15-,17?,19?,24+/m0/s1. The number of nitrogens with one attached hydrogen (secondary N) is 3. The van der Waals surface area contributed by atoms with Gasteiger partial charge < -0.3 is 29.9 Å². The zero-order valence-electron chi connectivity index (χ0n) is 20.1. The molecule has 0 saturated carbocycles. The molecular weight excluding hydrogens is 456 g/mol. The van der Waals surface area contributed by atoms with E-state index in [4.69, 9.17) is 14.0 Å². The summed E-state index contributed by atoms with van der Waals surface area (Å²) in [5.74, 6) is -1.60. The number of carbonyl (C=O) groups is 4. The van der Waals surface area contributed by atoms with E-state index in [-0.39, 0.29) is 24.5 Å². The fraction of sp³-hybridized carbons (Fsp3) is 0.458. The normalized spacial score (nSPS) is 19.2. The number of carbonyl (C=O) groups excluding carboxylic acids is 4. The van der Waals surface area contributed by atoms with Gasteiger partial charge in [0.05, 0.1) is 19.3 Å². The molecule has 0 radical (unpaired) electrons. The van der Waals surface area contributed by atoms with Gasteiger partial charge in [-0.25, -0.2) is 0 Å². The molecule has 35 heavy (non-hydrogen) atoms. The molecule has 0 aliphatic carbocycles. The third-order valence-corrected chi connectivity index (χ3v) is 5.58. The van der Waals surface area contributed by atoms with Crippen molar-refractivity contribution in [3.8, 4) is 0 Å². The predicted molar refractivity (Wildman–Crippen MR) is 123 cm³/mol. The molecule has 3 rings (SSSR count). The quantitative estimate of drug-likeness (QED) is 0.363. The van der Waals surface area contributed by atoms with Crippen molar-refractivity contribution in [1.29, 1.82) is 0 Å². The van der Waals surface area contributed by atoms with Crippen LogP contribution in [0.2, 0.25) is 0 Å². The zero-order chi connectivity index (χ0) is 25.6. The zero-order valence-corrected chi connectivity index (χ0v) is 20.1. The van der Waals surface area contributed by atoms with Crippen molar-refractivity contribution < 1.29 is 33.2 Å². The van der Waals surface area contributed by atoms with Crippen LogP contribution in [0.3, 0.4) is 0 Å². The Morgan fingerprint density at radius 3 is 2.34 bits per heavy atom. The lowest BCUT2D eigenvalue weighted by atomic mass is 9.94. The highest BCUT2D eigenvalue weighted by Crippen LogP contribution is 2.29. The molecule has 1 aliphatic rings. The Hall–Kier alpha value is -3.57. The summed E-state index contributed by atoms with van der Waals surface area (Å²) in [7, 11) is 1.38. The van der Waals surface area contributed by atoms with Gasteiger partial charge in [-0.3, -0.25) is 19.2 Å². The summed E-state index contributed by atoms with van der Waals surface area (Å²) in [6, 6.07) is 7.81. The molecule has 2 heterocycles. The molecule has 3 amide bonds. The number of amides is 3. The Bertz CT molecular complexity index is 1060. The molecule has 2 aromatic rings. The minimum atomic E-state index is -1.08. The smallest absolute Gasteiger partial charge is 0.274 e. The molecule has 1 fully saturated rings. The van der Waals surface area contributed by atoms with Crippen LogP contribution in [0, 0.1) is 6.92 Å². The Labute approximate surface area is 202 Å². The second-order valence-corrected chi connectivity index (χ2v) is 8.67. The van der Waals surface area contributed by atoms with Gasteiger partial charge in [0.25, 0.3) is 5.91 Å². The minimum Gasteiger partial charge on any atom is -0.382 e. The summed E-state index contributed by atoms with van der Waals surface area (Å²) in [5, 5.41) is 11.4. The van der Waals surface area contributed by atoms with Gasteiger partial charge in [0, 0.05) is 13.2 Å². The number of hydrogen-bond donors (Lipinski definition) is 3. The molecular formula is C24H30N4O7. The number of Topliss-reactive ketones (excluding diaryl/α,β-unsaturated/α-hetero) is 1. The average molecular weight is 487 g/mol. The number of benzene rings is 1. The number of aryl methyl sites for hydroxylation is 1. The molecule has 11 heteroatoms. The Kier molecular flexibility index (Phi) is 8.36. The van der Waals surface area contributed by atoms with Gasteiger partial charge in [-0.2, -0.15) is 0 Å². The first-order chi connectivity index (χ1) is 16.6. The van der Waals surface area contributed by atoms with Crippen molar-refractivity contribution in [2.75, 3.05) is 20.3 Å². The number of aromatic nitrogens is 1. The summed E-state index contributed by atoms with van der Waals surface area (Å²) >= 11 is 0. The molecule has 3 N–H and O–H groups in total. The van der Waals surface area contributed by atoms with E-state index in [2.05, 4.69) is 21.1 Å². The first kappa shape index (κ1) is 26.0. The maximum absolute atomic E-state index is 13.0. The van der Waals surface area contributed by atoms with E-state index in [1.807, 2.05) is 30.3 Å². The summed E-state index contributed by atoms with van der Waals surface area (Å²) < 4.78 is 15.2. The van der Waals surface area contributed by atoms with E-state index in [9.17, 15) is 19.2 Å². The summed E-state index contributed by atoms with van der Waals surface area (Å²) in [4.78, 5) is 51.0. The molecule has 0 bridgehead atoms. The molecule has 1 saturated heterocycles. The van der Waals surface area contributed by atoms with E-state index in [0.29, 0.717) is 12.4 Å². The number of ketones is 1.